The molecule has 0 aliphatic heterocycles. The Morgan fingerprint density at radius 2 is 2.07 bits per heavy atom. The highest BCUT2D eigenvalue weighted by Crippen LogP contribution is 2.45. The molecule has 2 aromatic rings. The van der Waals surface area contributed by atoms with Gasteiger partial charge in [-0.25, -0.2) is 9.80 Å². The van der Waals surface area contributed by atoms with Crippen LogP contribution in [0, 0.1) is 5.41 Å². The molecular weight excluding hydrogens is 356 g/mol. The maximum atomic E-state index is 12.2. The van der Waals surface area contributed by atoms with Gasteiger partial charge in [-0.15, -0.1) is 11.3 Å². The Labute approximate surface area is 166 Å². The SMILES string of the molecule is CCCCN(N)Cc1ccccc1-c1sc2c(c1C(=O)O)CC(C)(C)CC2. The lowest BCUT2D eigenvalue weighted by Gasteiger charge is -2.29. The fraction of sp³-hybridized carbons (Fsp3) is 0.500. The molecule has 1 aliphatic rings. The third-order valence-corrected chi connectivity index (χ3v) is 6.75. The van der Waals surface area contributed by atoms with Crippen LogP contribution in [0.4, 0.5) is 0 Å². The maximum Gasteiger partial charge on any atom is 0.337 e. The van der Waals surface area contributed by atoms with Gasteiger partial charge in [-0.3, -0.25) is 5.84 Å². The van der Waals surface area contributed by atoms with Crippen molar-refractivity contribution in [2.75, 3.05) is 6.54 Å². The number of hydrazine groups is 1. The minimum absolute atomic E-state index is 0.156. The number of aromatic carboxylic acids is 1. The van der Waals surface area contributed by atoms with E-state index >= 15 is 0 Å². The molecule has 0 saturated carbocycles. The Balaban J connectivity index is 2.03. The average molecular weight is 387 g/mol. The van der Waals surface area contributed by atoms with Crippen LogP contribution in [0.25, 0.3) is 10.4 Å². The highest BCUT2D eigenvalue weighted by atomic mass is 32.1. The first kappa shape index (κ1) is 20.1. The maximum absolute atomic E-state index is 12.2. The number of benzene rings is 1. The molecule has 4 nitrogen and oxygen atoms in total. The second-order valence-corrected chi connectivity index (χ2v) is 9.44. The van der Waals surface area contributed by atoms with Gasteiger partial charge in [-0.1, -0.05) is 51.5 Å². The molecule has 0 bridgehead atoms. The Bertz CT molecular complexity index is 826. The van der Waals surface area contributed by atoms with Gasteiger partial charge in [0.05, 0.1) is 5.56 Å². The smallest absolute Gasteiger partial charge is 0.337 e. The third-order valence-electron chi connectivity index (χ3n) is 5.42. The number of aryl methyl sites for hydroxylation is 1. The molecule has 0 unspecified atom stereocenters. The fourth-order valence-corrected chi connectivity index (χ4v) is 5.24. The zero-order valence-corrected chi connectivity index (χ0v) is 17.4. The minimum Gasteiger partial charge on any atom is -0.478 e. The predicted molar refractivity (Wildman–Crippen MR) is 112 cm³/mol. The highest BCUT2D eigenvalue weighted by molar-refractivity contribution is 7.16. The molecule has 0 radical (unpaired) electrons. The van der Waals surface area contributed by atoms with Crippen LogP contribution in [-0.2, 0) is 19.4 Å². The van der Waals surface area contributed by atoms with Crippen molar-refractivity contribution in [2.45, 2.75) is 59.4 Å². The topological polar surface area (TPSA) is 66.6 Å². The molecule has 0 amide bonds. The molecule has 1 aromatic heterocycles. The summed E-state index contributed by atoms with van der Waals surface area (Å²) in [5, 5.41) is 11.8. The Morgan fingerprint density at radius 3 is 2.78 bits per heavy atom. The van der Waals surface area contributed by atoms with Crippen LogP contribution in [0.15, 0.2) is 24.3 Å². The molecule has 0 spiro atoms. The summed E-state index contributed by atoms with van der Waals surface area (Å²) in [6.07, 6.45) is 5.07. The van der Waals surface area contributed by atoms with Gasteiger partial charge in [-0.2, -0.15) is 0 Å². The number of fused-ring (bicyclic) bond motifs is 1. The van der Waals surface area contributed by atoms with Crippen LogP contribution in [-0.4, -0.2) is 22.6 Å². The average Bonchev–Trinajstić information content (AvgIpc) is 2.97. The number of hydrogen-bond donors (Lipinski definition) is 2. The number of carboxylic acids is 1. The molecule has 1 aliphatic carbocycles. The zero-order valence-electron chi connectivity index (χ0n) is 16.5. The normalized spacial score (nSPS) is 15.7. The van der Waals surface area contributed by atoms with Gasteiger partial charge < -0.3 is 5.11 Å². The fourth-order valence-electron chi connectivity index (χ4n) is 3.87. The van der Waals surface area contributed by atoms with Gasteiger partial charge in [0.1, 0.15) is 0 Å². The minimum atomic E-state index is -0.814. The van der Waals surface area contributed by atoms with Crippen LogP contribution in [0.5, 0.6) is 0 Å². The largest absolute Gasteiger partial charge is 0.478 e. The summed E-state index contributed by atoms with van der Waals surface area (Å²) in [6.45, 7) is 8.08. The highest BCUT2D eigenvalue weighted by Gasteiger charge is 2.33. The van der Waals surface area contributed by atoms with E-state index in [2.05, 4.69) is 26.8 Å². The predicted octanol–water partition coefficient (Wildman–Crippen LogP) is 5.10. The van der Waals surface area contributed by atoms with Crippen molar-refractivity contribution in [3.8, 4) is 10.4 Å². The lowest BCUT2D eigenvalue weighted by Crippen LogP contribution is -2.31. The molecule has 1 aromatic carbocycles. The van der Waals surface area contributed by atoms with E-state index in [1.165, 1.54) is 4.88 Å². The van der Waals surface area contributed by atoms with Crippen molar-refractivity contribution < 1.29 is 9.90 Å². The van der Waals surface area contributed by atoms with E-state index in [1.54, 1.807) is 11.3 Å². The van der Waals surface area contributed by atoms with E-state index in [0.717, 1.165) is 60.2 Å². The molecule has 0 fully saturated rings. The van der Waals surface area contributed by atoms with E-state index in [0.29, 0.717) is 12.1 Å². The molecule has 3 N–H and O–H groups in total. The number of nitrogens with two attached hydrogens (primary N) is 1. The van der Waals surface area contributed by atoms with E-state index < -0.39 is 5.97 Å². The first-order valence-corrected chi connectivity index (χ1v) is 10.6. The molecule has 5 heteroatoms. The van der Waals surface area contributed by atoms with Crippen LogP contribution in [0.1, 0.15) is 66.4 Å². The molecule has 146 valence electrons. The Hall–Kier alpha value is -1.69. The summed E-state index contributed by atoms with van der Waals surface area (Å²) in [5.74, 6) is 5.38. The second-order valence-electron chi connectivity index (χ2n) is 8.34. The first-order valence-electron chi connectivity index (χ1n) is 9.78. The number of thiophene rings is 1. The third kappa shape index (κ3) is 4.42. The molecule has 3 rings (SSSR count). The zero-order chi connectivity index (χ0) is 19.6. The van der Waals surface area contributed by atoms with Crippen molar-refractivity contribution in [3.05, 3.63) is 45.8 Å². The van der Waals surface area contributed by atoms with Crippen LogP contribution in [0.2, 0.25) is 0 Å². The number of nitrogens with zero attached hydrogens (tertiary/aromatic N) is 1. The van der Waals surface area contributed by atoms with E-state index in [1.807, 2.05) is 23.2 Å². The molecule has 1 heterocycles. The van der Waals surface area contributed by atoms with Gasteiger partial charge in [-0.05, 0) is 47.8 Å². The first-order chi connectivity index (χ1) is 12.8. The van der Waals surface area contributed by atoms with Crippen LogP contribution in [0.3, 0.4) is 0 Å². The van der Waals surface area contributed by atoms with Gasteiger partial charge in [0.25, 0.3) is 0 Å². The number of unbranched alkanes of at least 4 members (excludes halogenated alkanes) is 1. The quantitative estimate of drug-likeness (QED) is 0.513. The molecule has 27 heavy (non-hydrogen) atoms. The monoisotopic (exact) mass is 386 g/mol. The number of carboxylic acid groups (broad SMARTS) is 1. The molecular formula is C22H30N2O2S. The second kappa shape index (κ2) is 8.13. The van der Waals surface area contributed by atoms with E-state index in [-0.39, 0.29) is 5.41 Å². The van der Waals surface area contributed by atoms with E-state index in [9.17, 15) is 9.90 Å². The standard InChI is InChI=1S/C22H30N2O2S/c1-4-5-12-24(23)14-15-8-6-7-9-16(15)20-19(21(25)26)17-13-22(2,3)11-10-18(17)27-20/h6-9H,4-5,10-14,23H2,1-3H3,(H,25,26). The lowest BCUT2D eigenvalue weighted by atomic mass is 9.76. The van der Waals surface area contributed by atoms with Gasteiger partial charge in [0, 0.05) is 22.8 Å². The number of carbonyl (C=O) groups is 1. The van der Waals surface area contributed by atoms with Crippen molar-refractivity contribution in [1.29, 1.82) is 0 Å². The summed E-state index contributed by atoms with van der Waals surface area (Å²) >= 11 is 1.66. The van der Waals surface area contributed by atoms with Gasteiger partial charge >= 0.3 is 5.97 Å². The summed E-state index contributed by atoms with van der Waals surface area (Å²) in [5.41, 5.74) is 3.82. The number of hydrogen-bond acceptors (Lipinski definition) is 4. The van der Waals surface area contributed by atoms with Crippen molar-refractivity contribution in [2.24, 2.45) is 11.3 Å². The number of rotatable bonds is 7. The molecule has 0 atom stereocenters. The lowest BCUT2D eigenvalue weighted by molar-refractivity contribution is 0.0696. The van der Waals surface area contributed by atoms with Crippen molar-refractivity contribution in [3.63, 3.8) is 0 Å². The summed E-state index contributed by atoms with van der Waals surface area (Å²) in [7, 11) is 0. The van der Waals surface area contributed by atoms with Gasteiger partial charge in [0.2, 0.25) is 0 Å². The van der Waals surface area contributed by atoms with Gasteiger partial charge in [0.15, 0.2) is 0 Å². The molecule has 0 saturated heterocycles. The summed E-state index contributed by atoms with van der Waals surface area (Å²) in [4.78, 5) is 14.3. The summed E-state index contributed by atoms with van der Waals surface area (Å²) in [6, 6.07) is 8.09. The Morgan fingerprint density at radius 1 is 1.33 bits per heavy atom. The summed E-state index contributed by atoms with van der Waals surface area (Å²) < 4.78 is 0. The van der Waals surface area contributed by atoms with Crippen LogP contribution >= 0.6 is 11.3 Å². The van der Waals surface area contributed by atoms with Crippen molar-refractivity contribution in [1.82, 2.24) is 5.01 Å². The van der Waals surface area contributed by atoms with Crippen molar-refractivity contribution >= 4 is 17.3 Å². The van der Waals surface area contributed by atoms with Crippen LogP contribution < -0.4 is 5.84 Å². The van der Waals surface area contributed by atoms with E-state index in [4.69, 9.17) is 5.84 Å². The Kier molecular flexibility index (Phi) is 6.04.